The van der Waals surface area contributed by atoms with Crippen molar-refractivity contribution in [3.63, 3.8) is 0 Å². The van der Waals surface area contributed by atoms with Crippen LogP contribution in [0.4, 0.5) is 0 Å². The van der Waals surface area contributed by atoms with Gasteiger partial charge in [-0.15, -0.1) is 11.3 Å². The van der Waals surface area contributed by atoms with Crippen LogP contribution >= 0.6 is 11.3 Å². The Balaban J connectivity index is 2.12. The minimum Gasteiger partial charge on any atom is -0.503 e. The number of ketones is 1. The van der Waals surface area contributed by atoms with E-state index in [-0.39, 0.29) is 18.7 Å². The molecule has 3 rings (SSSR count). The first kappa shape index (κ1) is 22.8. The van der Waals surface area contributed by atoms with Crippen molar-refractivity contribution >= 4 is 23.0 Å². The van der Waals surface area contributed by atoms with Crippen LogP contribution < -0.4 is 9.47 Å². The number of aryl methyl sites for hydroxylation is 2. The second-order valence-corrected chi connectivity index (χ2v) is 8.18. The van der Waals surface area contributed by atoms with Crippen LogP contribution in [-0.2, 0) is 9.53 Å². The molecule has 9 heteroatoms. The van der Waals surface area contributed by atoms with Crippen LogP contribution in [0.1, 0.15) is 38.9 Å². The van der Waals surface area contributed by atoms with Gasteiger partial charge >= 0.3 is 0 Å². The van der Waals surface area contributed by atoms with Gasteiger partial charge in [0.15, 0.2) is 17.3 Å². The highest BCUT2D eigenvalue weighted by atomic mass is 32.1. The molecule has 31 heavy (non-hydrogen) atoms. The summed E-state index contributed by atoms with van der Waals surface area (Å²) in [6.07, 6.45) is 0. The summed E-state index contributed by atoms with van der Waals surface area (Å²) in [5.41, 5.74) is 1.22. The van der Waals surface area contributed by atoms with Crippen molar-refractivity contribution < 1.29 is 28.9 Å². The number of methoxy groups -OCH3 is 2. The third-order valence-electron chi connectivity index (χ3n) is 5.00. The molecule has 2 aromatic rings. The van der Waals surface area contributed by atoms with Crippen molar-refractivity contribution in [3.8, 4) is 11.5 Å². The van der Waals surface area contributed by atoms with E-state index in [9.17, 15) is 14.7 Å². The number of hydrogen-bond donors (Lipinski definition) is 1. The average Bonchev–Trinajstić information content (AvgIpc) is 3.22. The number of aliphatic hydroxyl groups excluding tert-OH is 1. The summed E-state index contributed by atoms with van der Waals surface area (Å²) in [5, 5.41) is 11.4. The predicted molar refractivity (Wildman–Crippen MR) is 116 cm³/mol. The van der Waals surface area contributed by atoms with Gasteiger partial charge in [-0.25, -0.2) is 4.98 Å². The molecule has 1 N–H and O–H groups in total. The van der Waals surface area contributed by atoms with Crippen molar-refractivity contribution in [2.45, 2.75) is 26.8 Å². The summed E-state index contributed by atoms with van der Waals surface area (Å²) in [7, 11) is 3.05. The van der Waals surface area contributed by atoms with Crippen molar-refractivity contribution in [1.82, 2.24) is 9.88 Å². The van der Waals surface area contributed by atoms with Gasteiger partial charge in [0.1, 0.15) is 0 Å². The van der Waals surface area contributed by atoms with Crippen LogP contribution in [0, 0.1) is 13.8 Å². The standard InChI is InChI=1S/C22H26N2O6S/c1-6-30-15-8-7-14(11-16(15)29-5)18-17(19(25)21-12(2)23-13(3)31-21)20(26)22(27)24(18)9-10-28-4/h7-8,11,18,26H,6,9-10H2,1-5H3. The topological polar surface area (TPSA) is 98.2 Å². The van der Waals surface area contributed by atoms with Crippen molar-refractivity contribution in [3.05, 3.63) is 50.7 Å². The van der Waals surface area contributed by atoms with Crippen molar-refractivity contribution in [2.24, 2.45) is 0 Å². The number of carbonyl (C=O) groups is 2. The number of carbonyl (C=O) groups excluding carboxylic acids is 2. The van der Waals surface area contributed by atoms with Crippen molar-refractivity contribution in [2.75, 3.05) is 34.0 Å². The highest BCUT2D eigenvalue weighted by Crippen LogP contribution is 2.42. The molecule has 166 valence electrons. The molecule has 1 aliphatic rings. The number of aromatic nitrogens is 1. The molecule has 1 atom stereocenters. The Kier molecular flexibility index (Phi) is 6.97. The zero-order valence-electron chi connectivity index (χ0n) is 18.2. The normalized spacial score (nSPS) is 16.2. The van der Waals surface area contributed by atoms with Crippen molar-refractivity contribution in [1.29, 1.82) is 0 Å². The molecule has 0 saturated carbocycles. The number of nitrogens with zero attached hydrogens (tertiary/aromatic N) is 2. The van der Waals surface area contributed by atoms with E-state index in [1.54, 1.807) is 25.1 Å². The van der Waals surface area contributed by atoms with Gasteiger partial charge in [0.05, 0.1) is 47.5 Å². The molecule has 1 aliphatic heterocycles. The highest BCUT2D eigenvalue weighted by Gasteiger charge is 2.44. The molecule has 8 nitrogen and oxygen atoms in total. The van der Waals surface area contributed by atoms with Crippen LogP contribution in [0.2, 0.25) is 0 Å². The summed E-state index contributed by atoms with van der Waals surface area (Å²) >= 11 is 1.24. The molecule has 0 bridgehead atoms. The maximum absolute atomic E-state index is 13.5. The minimum atomic E-state index is -0.790. The van der Waals surface area contributed by atoms with E-state index in [1.807, 2.05) is 13.8 Å². The zero-order valence-corrected chi connectivity index (χ0v) is 19.0. The quantitative estimate of drug-likeness (QED) is 0.590. The Labute approximate surface area is 185 Å². The largest absolute Gasteiger partial charge is 0.503 e. The SMILES string of the molecule is CCOc1ccc(C2C(C(=O)c3sc(C)nc3C)=C(O)C(=O)N2CCOC)cc1OC. The average molecular weight is 447 g/mol. The summed E-state index contributed by atoms with van der Waals surface area (Å²) in [5.74, 6) is -0.550. The van der Waals surface area contributed by atoms with Gasteiger partial charge in [0.2, 0.25) is 5.78 Å². The predicted octanol–water partition coefficient (Wildman–Crippen LogP) is 3.39. The molecule has 0 spiro atoms. The van der Waals surface area contributed by atoms with Gasteiger partial charge in [-0.1, -0.05) is 6.07 Å². The molecular weight excluding hydrogens is 420 g/mol. The number of amides is 1. The van der Waals surface area contributed by atoms with Gasteiger partial charge in [-0.05, 0) is 38.5 Å². The molecule has 0 saturated heterocycles. The lowest BCUT2D eigenvalue weighted by atomic mass is 9.94. The van der Waals surface area contributed by atoms with Gasteiger partial charge in [-0.3, -0.25) is 9.59 Å². The Hall–Kier alpha value is -2.91. The fourth-order valence-corrected chi connectivity index (χ4v) is 4.52. The maximum atomic E-state index is 13.5. The highest BCUT2D eigenvalue weighted by molar-refractivity contribution is 7.14. The first-order chi connectivity index (χ1) is 14.8. The molecule has 1 aromatic carbocycles. The lowest BCUT2D eigenvalue weighted by molar-refractivity contribution is -0.130. The molecule has 0 fully saturated rings. The maximum Gasteiger partial charge on any atom is 0.290 e. The van der Waals surface area contributed by atoms with E-state index in [2.05, 4.69) is 4.98 Å². The van der Waals surface area contributed by atoms with Gasteiger partial charge in [-0.2, -0.15) is 0 Å². The lowest BCUT2D eigenvalue weighted by Gasteiger charge is -2.27. The first-order valence-electron chi connectivity index (χ1n) is 9.86. The zero-order chi connectivity index (χ0) is 22.7. The molecule has 1 aromatic heterocycles. The third kappa shape index (κ3) is 4.28. The van der Waals surface area contributed by atoms with Gasteiger partial charge in [0.25, 0.3) is 5.91 Å². The van der Waals surface area contributed by atoms with E-state index >= 15 is 0 Å². The molecule has 0 radical (unpaired) electrons. The Morgan fingerprint density at radius 1 is 1.26 bits per heavy atom. The molecule has 1 unspecified atom stereocenters. The molecule has 2 heterocycles. The van der Waals surface area contributed by atoms with Gasteiger partial charge < -0.3 is 24.2 Å². The molecular formula is C22H26N2O6S. The first-order valence-corrected chi connectivity index (χ1v) is 10.7. The van der Waals surface area contributed by atoms with Crippen LogP contribution in [0.25, 0.3) is 0 Å². The minimum absolute atomic E-state index is 0.0269. The summed E-state index contributed by atoms with van der Waals surface area (Å²) < 4.78 is 16.2. The smallest absolute Gasteiger partial charge is 0.290 e. The molecule has 0 aliphatic carbocycles. The van der Waals surface area contributed by atoms with E-state index < -0.39 is 23.5 Å². The number of ether oxygens (including phenoxy) is 3. The van der Waals surface area contributed by atoms with Crippen LogP contribution in [0.5, 0.6) is 11.5 Å². The summed E-state index contributed by atoms with van der Waals surface area (Å²) in [4.78, 5) is 32.5. The monoisotopic (exact) mass is 446 g/mol. The van der Waals surface area contributed by atoms with E-state index in [1.165, 1.54) is 30.5 Å². The molecule has 1 amide bonds. The number of Topliss-reactive ketones (excluding diaryl/α,β-unsaturated/α-hetero) is 1. The van der Waals surface area contributed by atoms with Gasteiger partial charge in [0, 0.05) is 13.7 Å². The second kappa shape index (κ2) is 9.49. The van der Waals surface area contributed by atoms with E-state index in [0.717, 1.165) is 5.01 Å². The number of benzene rings is 1. The summed E-state index contributed by atoms with van der Waals surface area (Å²) in [6.45, 7) is 6.34. The number of thiazole rings is 1. The Bertz CT molecular complexity index is 1030. The Morgan fingerprint density at radius 2 is 2.00 bits per heavy atom. The second-order valence-electron chi connectivity index (χ2n) is 6.98. The summed E-state index contributed by atoms with van der Waals surface area (Å²) in [6, 6.07) is 4.43. The third-order valence-corrected chi connectivity index (χ3v) is 6.07. The van der Waals surface area contributed by atoms with Crippen LogP contribution in [-0.4, -0.2) is 60.7 Å². The van der Waals surface area contributed by atoms with Crippen LogP contribution in [0.3, 0.4) is 0 Å². The van der Waals surface area contributed by atoms with E-state index in [4.69, 9.17) is 14.2 Å². The lowest BCUT2D eigenvalue weighted by Crippen LogP contribution is -2.34. The fraction of sp³-hybridized carbons (Fsp3) is 0.409. The fourth-order valence-electron chi connectivity index (χ4n) is 3.65. The van der Waals surface area contributed by atoms with E-state index in [0.29, 0.717) is 34.2 Å². The number of rotatable bonds is 9. The number of hydrogen-bond acceptors (Lipinski definition) is 8. The Morgan fingerprint density at radius 3 is 2.58 bits per heavy atom. The van der Waals surface area contributed by atoms with Crippen LogP contribution in [0.15, 0.2) is 29.5 Å². The number of aliphatic hydroxyl groups is 1.